The van der Waals surface area contributed by atoms with Gasteiger partial charge in [-0.25, -0.2) is 9.97 Å². The molecule has 0 amide bonds. The molecule has 0 fully saturated rings. The average molecular weight is 569 g/mol. The highest BCUT2D eigenvalue weighted by Gasteiger charge is 2.22. The highest BCUT2D eigenvalue weighted by molar-refractivity contribution is 7.26. The molecule has 0 spiro atoms. The van der Waals surface area contributed by atoms with Crippen LogP contribution in [-0.4, -0.2) is 19.5 Å². The Morgan fingerprint density at radius 2 is 1.33 bits per heavy atom. The lowest BCUT2D eigenvalue weighted by atomic mass is 10.1. The van der Waals surface area contributed by atoms with Crippen LogP contribution in [0.15, 0.2) is 126 Å². The van der Waals surface area contributed by atoms with Gasteiger partial charge >= 0.3 is 0 Å². The standard InChI is InChI=1S/C37H20N4OS/c1-2-10-21(11-3-1)31-36-33(25-14-6-9-17-30(25)43-36)40-37(39-31)41-28-15-7-4-12-22(28)27-20-38-32-26(34(27)41)19-18-24-23-13-5-8-16-29(23)42-35(24)32/h1-20H. The summed E-state index contributed by atoms with van der Waals surface area (Å²) in [7, 11) is 0. The van der Waals surface area contributed by atoms with Crippen LogP contribution in [0.5, 0.6) is 0 Å². The van der Waals surface area contributed by atoms with E-state index in [1.54, 1.807) is 11.3 Å². The second-order valence-electron chi connectivity index (χ2n) is 10.8. The molecular formula is C37H20N4OS. The zero-order chi connectivity index (χ0) is 28.1. The molecule has 0 aliphatic rings. The fraction of sp³-hybridized carbons (Fsp3) is 0. The first-order valence-electron chi connectivity index (χ1n) is 14.2. The molecule has 0 atom stereocenters. The van der Waals surface area contributed by atoms with Gasteiger partial charge in [-0.2, -0.15) is 0 Å². The van der Waals surface area contributed by atoms with Crippen LogP contribution in [0.1, 0.15) is 0 Å². The number of benzene rings is 5. The second-order valence-corrected chi connectivity index (χ2v) is 11.9. The van der Waals surface area contributed by atoms with E-state index < -0.39 is 0 Å². The lowest BCUT2D eigenvalue weighted by Crippen LogP contribution is -2.03. The highest BCUT2D eigenvalue weighted by atomic mass is 32.1. The Hall–Kier alpha value is -5.59. The molecule has 0 unspecified atom stereocenters. The monoisotopic (exact) mass is 568 g/mol. The molecule has 0 bridgehead atoms. The molecule has 0 radical (unpaired) electrons. The van der Waals surface area contributed by atoms with Gasteiger partial charge in [0.05, 0.1) is 26.9 Å². The molecule has 10 aromatic rings. The number of aromatic nitrogens is 4. The Morgan fingerprint density at radius 1 is 0.581 bits per heavy atom. The number of furan rings is 1. The van der Waals surface area contributed by atoms with Crippen molar-refractivity contribution in [1.82, 2.24) is 19.5 Å². The van der Waals surface area contributed by atoms with E-state index in [1.807, 2.05) is 30.5 Å². The Bertz CT molecular complexity index is 2740. The molecule has 10 rings (SSSR count). The summed E-state index contributed by atoms with van der Waals surface area (Å²) in [6.45, 7) is 0. The Kier molecular flexibility index (Phi) is 4.54. The summed E-state index contributed by atoms with van der Waals surface area (Å²) in [4.78, 5) is 15.6. The number of hydrogen-bond acceptors (Lipinski definition) is 5. The van der Waals surface area contributed by atoms with Gasteiger partial charge in [0.1, 0.15) is 11.1 Å². The lowest BCUT2D eigenvalue weighted by Gasteiger charge is -2.11. The Balaban J connectivity index is 1.39. The molecule has 0 saturated carbocycles. The molecule has 6 heteroatoms. The van der Waals surface area contributed by atoms with Crippen molar-refractivity contribution in [2.24, 2.45) is 0 Å². The van der Waals surface area contributed by atoms with Crippen LogP contribution < -0.4 is 0 Å². The molecule has 0 aliphatic carbocycles. The first-order chi connectivity index (χ1) is 21.3. The van der Waals surface area contributed by atoms with E-state index in [2.05, 4.69) is 95.6 Å². The number of rotatable bonds is 2. The topological polar surface area (TPSA) is 56.7 Å². The minimum Gasteiger partial charge on any atom is -0.454 e. The Labute approximate surface area is 248 Å². The molecule has 200 valence electrons. The van der Waals surface area contributed by atoms with E-state index in [1.165, 1.54) is 4.70 Å². The maximum absolute atomic E-state index is 6.41. The molecule has 5 heterocycles. The number of hydrogen-bond donors (Lipinski definition) is 0. The maximum atomic E-state index is 6.41. The van der Waals surface area contributed by atoms with E-state index in [4.69, 9.17) is 19.4 Å². The van der Waals surface area contributed by atoms with Gasteiger partial charge in [0.2, 0.25) is 5.95 Å². The quantitative estimate of drug-likeness (QED) is 0.208. The molecule has 5 aromatic carbocycles. The van der Waals surface area contributed by atoms with Gasteiger partial charge in [0.25, 0.3) is 0 Å². The normalized spacial score (nSPS) is 12.2. The summed E-state index contributed by atoms with van der Waals surface area (Å²) >= 11 is 1.75. The first kappa shape index (κ1) is 23.0. The largest absolute Gasteiger partial charge is 0.454 e. The molecule has 0 saturated heterocycles. The predicted molar refractivity (Wildman–Crippen MR) is 177 cm³/mol. The van der Waals surface area contributed by atoms with Gasteiger partial charge < -0.3 is 4.42 Å². The number of fused-ring (bicyclic) bond motifs is 12. The van der Waals surface area contributed by atoms with Gasteiger partial charge in [-0.05, 0) is 30.3 Å². The first-order valence-corrected chi connectivity index (χ1v) is 15.0. The van der Waals surface area contributed by atoms with Crippen molar-refractivity contribution in [2.45, 2.75) is 0 Å². The SMILES string of the molecule is c1ccc(-c2nc(-n3c4ccccc4c4cnc5c(ccc6c7ccccc7oc65)c43)nc3c2sc2ccccc23)cc1. The van der Waals surface area contributed by atoms with Crippen molar-refractivity contribution in [2.75, 3.05) is 0 Å². The third-order valence-electron chi connectivity index (χ3n) is 8.47. The highest BCUT2D eigenvalue weighted by Crippen LogP contribution is 2.42. The number of pyridine rings is 1. The minimum atomic E-state index is 0.637. The summed E-state index contributed by atoms with van der Waals surface area (Å²) in [5, 5.41) is 6.45. The molecule has 43 heavy (non-hydrogen) atoms. The van der Waals surface area contributed by atoms with E-state index >= 15 is 0 Å². The van der Waals surface area contributed by atoms with E-state index in [0.29, 0.717) is 5.95 Å². The summed E-state index contributed by atoms with van der Waals surface area (Å²) in [6, 6.07) is 39.8. The molecular weight excluding hydrogens is 549 g/mol. The predicted octanol–water partition coefficient (Wildman–Crippen LogP) is 10.1. The molecule has 0 aliphatic heterocycles. The van der Waals surface area contributed by atoms with Crippen molar-refractivity contribution in [3.8, 4) is 17.2 Å². The minimum absolute atomic E-state index is 0.637. The van der Waals surface area contributed by atoms with Gasteiger partial charge in [0, 0.05) is 48.8 Å². The van der Waals surface area contributed by atoms with Crippen molar-refractivity contribution in [1.29, 1.82) is 0 Å². The van der Waals surface area contributed by atoms with E-state index in [0.717, 1.165) is 81.5 Å². The van der Waals surface area contributed by atoms with Gasteiger partial charge in [0.15, 0.2) is 5.58 Å². The third-order valence-corrected chi connectivity index (χ3v) is 9.63. The van der Waals surface area contributed by atoms with Gasteiger partial charge in [-0.1, -0.05) is 84.9 Å². The van der Waals surface area contributed by atoms with Crippen LogP contribution in [0.3, 0.4) is 0 Å². The van der Waals surface area contributed by atoms with Crippen molar-refractivity contribution in [3.63, 3.8) is 0 Å². The zero-order valence-corrected chi connectivity index (χ0v) is 23.5. The van der Waals surface area contributed by atoms with Crippen LogP contribution in [0, 0.1) is 0 Å². The molecule has 0 N–H and O–H groups in total. The lowest BCUT2D eigenvalue weighted by molar-refractivity contribution is 0.671. The van der Waals surface area contributed by atoms with Crippen LogP contribution in [0.25, 0.3) is 92.2 Å². The summed E-state index contributed by atoms with van der Waals surface area (Å²) in [6.07, 6.45) is 1.97. The van der Waals surface area contributed by atoms with E-state index in [-0.39, 0.29) is 0 Å². The number of thiophene rings is 1. The molecule has 5 aromatic heterocycles. The van der Waals surface area contributed by atoms with Crippen LogP contribution >= 0.6 is 11.3 Å². The Morgan fingerprint density at radius 3 is 2.23 bits per heavy atom. The fourth-order valence-corrected chi connectivity index (χ4v) is 7.72. The number of nitrogens with zero attached hydrogens (tertiary/aromatic N) is 4. The van der Waals surface area contributed by atoms with Crippen molar-refractivity contribution < 1.29 is 4.42 Å². The summed E-state index contributed by atoms with van der Waals surface area (Å²) < 4.78 is 10.9. The van der Waals surface area contributed by atoms with Crippen LogP contribution in [0.4, 0.5) is 0 Å². The van der Waals surface area contributed by atoms with Crippen LogP contribution in [-0.2, 0) is 0 Å². The second kappa shape index (κ2) is 8.47. The zero-order valence-electron chi connectivity index (χ0n) is 22.7. The third kappa shape index (κ3) is 3.13. The summed E-state index contributed by atoms with van der Waals surface area (Å²) in [5.74, 6) is 0.637. The van der Waals surface area contributed by atoms with Gasteiger partial charge in [-0.3, -0.25) is 9.55 Å². The van der Waals surface area contributed by atoms with Crippen molar-refractivity contribution in [3.05, 3.63) is 121 Å². The average Bonchev–Trinajstić information content (AvgIpc) is 3.74. The van der Waals surface area contributed by atoms with Crippen molar-refractivity contribution >= 4 is 86.3 Å². The van der Waals surface area contributed by atoms with Gasteiger partial charge in [-0.15, -0.1) is 11.3 Å². The fourth-order valence-electron chi connectivity index (χ4n) is 6.56. The maximum Gasteiger partial charge on any atom is 0.235 e. The smallest absolute Gasteiger partial charge is 0.235 e. The number of para-hydroxylation sites is 2. The summed E-state index contributed by atoms with van der Waals surface area (Å²) in [5.41, 5.74) is 7.51. The van der Waals surface area contributed by atoms with Crippen LogP contribution in [0.2, 0.25) is 0 Å². The van der Waals surface area contributed by atoms with E-state index in [9.17, 15) is 0 Å². The molecule has 5 nitrogen and oxygen atoms in total.